The van der Waals surface area contributed by atoms with E-state index < -0.39 is 24.4 Å². The summed E-state index contributed by atoms with van der Waals surface area (Å²) in [7, 11) is 6.46. The summed E-state index contributed by atoms with van der Waals surface area (Å²) < 4.78 is 70.4. The van der Waals surface area contributed by atoms with E-state index in [4.69, 9.17) is 47.4 Å². The fourth-order valence-electron chi connectivity index (χ4n) is 10.0. The standard InChI is InChI=1S/4C20H21N3O3S.C4H8O2/c4*1-4-14-5-9-17(10-6-14)26-13(2)19(24)22-20-21-18(23-27-20)15-7-11-16(25-3)12-8-15;1-2-6-4-3-5-1/h4*5-13H,4H2,1-3H3,(H,21,22,23,24);1-4H2. The molecule has 0 bridgehead atoms. The van der Waals surface area contributed by atoms with Crippen molar-refractivity contribution in [2.45, 2.75) is 105 Å². The summed E-state index contributed by atoms with van der Waals surface area (Å²) in [6.45, 7) is 18.3. The van der Waals surface area contributed by atoms with Gasteiger partial charge >= 0.3 is 0 Å². The van der Waals surface area contributed by atoms with Gasteiger partial charge in [-0.15, -0.1) is 0 Å². The largest absolute Gasteiger partial charge is 0.497 e. The van der Waals surface area contributed by atoms with E-state index in [-0.39, 0.29) is 23.6 Å². The van der Waals surface area contributed by atoms with Gasteiger partial charge in [-0.25, -0.2) is 0 Å². The number of nitrogens with zero attached hydrogens (tertiary/aromatic N) is 8. The van der Waals surface area contributed by atoms with Gasteiger partial charge in [-0.2, -0.15) is 37.4 Å². The van der Waals surface area contributed by atoms with Crippen LogP contribution in [0.1, 0.15) is 77.6 Å². The molecule has 12 aromatic rings. The number of amides is 4. The number of carbonyl (C=O) groups is 4. The summed E-state index contributed by atoms with van der Waals surface area (Å²) >= 11 is 4.53. The average Bonchev–Trinajstić information content (AvgIpc) is 1.72. The summed E-state index contributed by atoms with van der Waals surface area (Å²) in [5.41, 5.74) is 8.30. The Labute approximate surface area is 679 Å². The van der Waals surface area contributed by atoms with Crippen molar-refractivity contribution in [1.82, 2.24) is 37.4 Å². The Kier molecular flexibility index (Phi) is 34.1. The summed E-state index contributed by atoms with van der Waals surface area (Å²) in [6.07, 6.45) is 1.26. The molecule has 13 rings (SSSR count). The molecule has 0 spiro atoms. The summed E-state index contributed by atoms with van der Waals surface area (Å²) in [4.78, 5) is 66.9. The van der Waals surface area contributed by atoms with Gasteiger partial charge in [0.15, 0.2) is 47.7 Å². The van der Waals surface area contributed by atoms with Gasteiger partial charge in [-0.1, -0.05) is 76.2 Å². The monoisotopic (exact) mass is 1620 g/mol. The number of benzene rings is 8. The van der Waals surface area contributed by atoms with Gasteiger partial charge in [-0.05, 0) is 221 Å². The van der Waals surface area contributed by atoms with Gasteiger partial charge in [0.2, 0.25) is 20.5 Å². The zero-order valence-electron chi connectivity index (χ0n) is 65.4. The first-order valence-electron chi connectivity index (χ1n) is 36.7. The molecule has 4 atom stereocenters. The van der Waals surface area contributed by atoms with Gasteiger partial charge < -0.3 is 47.4 Å². The van der Waals surface area contributed by atoms with Gasteiger partial charge in [0.25, 0.3) is 23.6 Å². The van der Waals surface area contributed by atoms with Crippen LogP contribution in [0.2, 0.25) is 0 Å². The maximum absolute atomic E-state index is 12.4. The molecule has 8 aromatic carbocycles. The first-order valence-corrected chi connectivity index (χ1v) is 39.8. The first-order chi connectivity index (χ1) is 55.3. The minimum Gasteiger partial charge on any atom is -0.497 e. The van der Waals surface area contributed by atoms with E-state index in [9.17, 15) is 19.2 Å². The molecule has 5 heterocycles. The number of methoxy groups -OCH3 is 4. The number of ether oxygens (including phenoxy) is 10. The van der Waals surface area contributed by atoms with Crippen molar-refractivity contribution in [3.05, 3.63) is 216 Å². The molecule has 1 saturated heterocycles. The second-order valence-electron chi connectivity index (χ2n) is 24.8. The Hall–Kier alpha value is -11.8. The number of aryl methyl sites for hydroxylation is 4. The van der Waals surface area contributed by atoms with Gasteiger partial charge in [-0.3, -0.25) is 40.4 Å². The van der Waals surface area contributed by atoms with Crippen molar-refractivity contribution in [1.29, 1.82) is 0 Å². The Morgan fingerprint density at radius 2 is 0.474 bits per heavy atom. The van der Waals surface area contributed by atoms with Crippen LogP contribution in [-0.4, -0.2) is 140 Å². The van der Waals surface area contributed by atoms with Crippen LogP contribution < -0.4 is 59.2 Å². The van der Waals surface area contributed by atoms with Crippen molar-refractivity contribution >= 4 is 90.3 Å². The van der Waals surface area contributed by atoms with Crippen LogP contribution in [0.3, 0.4) is 0 Å². The molecule has 4 unspecified atom stereocenters. The lowest BCUT2D eigenvalue weighted by Gasteiger charge is -2.13. The number of nitrogens with one attached hydrogen (secondary N) is 4. The van der Waals surface area contributed by atoms with Crippen LogP contribution in [0.15, 0.2) is 194 Å². The second kappa shape index (κ2) is 45.0. The Morgan fingerprint density at radius 1 is 0.298 bits per heavy atom. The quantitative estimate of drug-likeness (QED) is 0.0354. The predicted octanol–water partition coefficient (Wildman–Crippen LogP) is 16.8. The molecule has 4 amide bonds. The smallest absolute Gasteiger partial charge is 0.266 e. The van der Waals surface area contributed by atoms with Crippen LogP contribution in [0.25, 0.3) is 45.6 Å². The molecule has 114 heavy (non-hydrogen) atoms. The van der Waals surface area contributed by atoms with E-state index >= 15 is 0 Å². The Morgan fingerprint density at radius 3 is 0.632 bits per heavy atom. The van der Waals surface area contributed by atoms with E-state index in [1.807, 2.05) is 194 Å². The topological polar surface area (TPSA) is 312 Å². The van der Waals surface area contributed by atoms with Gasteiger partial charge in [0.1, 0.15) is 46.0 Å². The van der Waals surface area contributed by atoms with E-state index in [1.54, 1.807) is 56.1 Å². The minimum absolute atomic E-state index is 0.271. The highest BCUT2D eigenvalue weighted by Crippen LogP contribution is 2.30. The highest BCUT2D eigenvalue weighted by molar-refractivity contribution is 7.11. The van der Waals surface area contributed by atoms with Crippen LogP contribution >= 0.6 is 46.1 Å². The first kappa shape index (κ1) is 86.2. The van der Waals surface area contributed by atoms with Crippen LogP contribution in [-0.2, 0) is 54.3 Å². The molecule has 4 aromatic heterocycles. The maximum atomic E-state index is 12.4. The number of aromatic nitrogens is 8. The zero-order chi connectivity index (χ0) is 81.1. The number of hydrogen-bond acceptors (Lipinski definition) is 26. The van der Waals surface area contributed by atoms with Crippen molar-refractivity contribution in [2.75, 3.05) is 76.1 Å². The van der Waals surface area contributed by atoms with Crippen molar-refractivity contribution in [3.63, 3.8) is 0 Å². The van der Waals surface area contributed by atoms with Crippen LogP contribution in [0.5, 0.6) is 46.0 Å². The van der Waals surface area contributed by atoms with E-state index in [0.717, 1.165) is 143 Å². The fraction of sp³-hybridized carbons (Fsp3) is 0.286. The summed E-state index contributed by atoms with van der Waals surface area (Å²) in [5.74, 6) is 6.83. The van der Waals surface area contributed by atoms with Gasteiger partial charge in [0.05, 0.1) is 54.9 Å². The number of hydrogen-bond donors (Lipinski definition) is 4. The number of carbonyl (C=O) groups excluding carboxylic acids is 4. The van der Waals surface area contributed by atoms with Crippen LogP contribution in [0.4, 0.5) is 20.5 Å². The third-order valence-electron chi connectivity index (χ3n) is 16.8. The normalized spacial score (nSPS) is 12.3. The Balaban J connectivity index is 0.000000169. The predicted molar refractivity (Wildman–Crippen MR) is 447 cm³/mol. The molecule has 1 aliphatic heterocycles. The van der Waals surface area contributed by atoms with Crippen molar-refractivity contribution in [2.24, 2.45) is 0 Å². The van der Waals surface area contributed by atoms with Gasteiger partial charge in [0, 0.05) is 68.4 Å². The number of rotatable bonds is 28. The molecule has 30 heteroatoms. The highest BCUT2D eigenvalue weighted by atomic mass is 32.1. The lowest BCUT2D eigenvalue weighted by Crippen LogP contribution is -2.30. The van der Waals surface area contributed by atoms with Crippen LogP contribution in [0, 0.1) is 0 Å². The van der Waals surface area contributed by atoms with E-state index in [0.29, 0.717) is 66.8 Å². The highest BCUT2D eigenvalue weighted by Gasteiger charge is 2.23. The SMILES string of the molecule is C1COCCO1.CCc1ccc(OC(C)C(=O)Nc2nc(-c3ccc(OC)cc3)ns2)cc1.CCc1ccc(OC(C)C(=O)Nc2nc(-c3ccc(OC)cc3)ns2)cc1.CCc1ccc(OC(C)C(=O)Nc2nc(-c3ccc(OC)cc3)ns2)cc1.CCc1ccc(OC(C)C(=O)Nc2nc(-c3ccc(OC)cc3)ns2)cc1. The summed E-state index contributed by atoms with van der Waals surface area (Å²) in [5, 5.41) is 12.7. The maximum Gasteiger partial charge on any atom is 0.266 e. The molecule has 4 N–H and O–H groups in total. The average molecular weight is 1620 g/mol. The molecule has 596 valence electrons. The molecule has 1 fully saturated rings. The van der Waals surface area contributed by atoms with E-state index in [1.165, 1.54) is 22.3 Å². The molecule has 1 aliphatic rings. The summed E-state index contributed by atoms with van der Waals surface area (Å²) in [6, 6.07) is 60.6. The number of anilines is 4. The zero-order valence-corrected chi connectivity index (χ0v) is 68.6. The lowest BCUT2D eigenvalue weighted by atomic mass is 10.2. The molecular formula is C84H92N12O14S4. The van der Waals surface area contributed by atoms with Crippen molar-refractivity contribution < 1.29 is 66.5 Å². The fourth-order valence-corrected chi connectivity index (χ4v) is 12.4. The molecule has 26 nitrogen and oxygen atoms in total. The van der Waals surface area contributed by atoms with Crippen molar-refractivity contribution in [3.8, 4) is 91.5 Å². The van der Waals surface area contributed by atoms with E-state index in [2.05, 4.69) is 86.4 Å². The second-order valence-corrected chi connectivity index (χ2v) is 27.8. The molecule has 0 radical (unpaired) electrons. The third-order valence-corrected chi connectivity index (χ3v) is 19.3. The Bertz CT molecular complexity index is 4280. The molecular weight excluding hydrogens is 1530 g/mol. The molecule has 0 saturated carbocycles. The third kappa shape index (κ3) is 27.3. The molecule has 0 aliphatic carbocycles. The lowest BCUT2D eigenvalue weighted by molar-refractivity contribution is -0.122. The minimum atomic E-state index is -0.647.